The van der Waals surface area contributed by atoms with Crippen molar-refractivity contribution in [3.8, 4) is 0 Å². The van der Waals surface area contributed by atoms with Crippen LogP contribution in [0.3, 0.4) is 0 Å². The number of hydrogen-bond acceptors (Lipinski definition) is 4. The second-order valence-electron chi connectivity index (χ2n) is 11.6. The molecule has 4 fully saturated rings. The van der Waals surface area contributed by atoms with Gasteiger partial charge in [-0.05, 0) is 74.0 Å². The van der Waals surface area contributed by atoms with Gasteiger partial charge in [0.25, 0.3) is 0 Å². The van der Waals surface area contributed by atoms with Crippen LogP contribution in [-0.4, -0.2) is 32.0 Å². The third-order valence-electron chi connectivity index (χ3n) is 10.4. The molecule has 0 aromatic carbocycles. The van der Waals surface area contributed by atoms with E-state index in [1.54, 1.807) is 0 Å². The summed E-state index contributed by atoms with van der Waals surface area (Å²) in [5.41, 5.74) is 1.10. The predicted octanol–water partition coefficient (Wildman–Crippen LogP) is 4.61. The van der Waals surface area contributed by atoms with Crippen molar-refractivity contribution in [3.05, 3.63) is 36.2 Å². The van der Waals surface area contributed by atoms with Gasteiger partial charge in [0.1, 0.15) is 5.78 Å². The number of Topliss-reactive ketones (excluding diaryl/α,β-unsaturated/α-hetero) is 1. The first-order valence-electron chi connectivity index (χ1n) is 12.4. The van der Waals surface area contributed by atoms with Gasteiger partial charge in [0, 0.05) is 24.0 Å². The summed E-state index contributed by atoms with van der Waals surface area (Å²) in [7, 11) is 0. The number of carbonyl (C=O) groups excluding carboxylic acids is 1. The fraction of sp³-hybridized carbons (Fsp3) is 0.731. The van der Waals surface area contributed by atoms with Gasteiger partial charge in [0.15, 0.2) is 0 Å². The molecule has 5 nitrogen and oxygen atoms in total. The molecule has 31 heavy (non-hydrogen) atoms. The predicted molar refractivity (Wildman–Crippen MR) is 118 cm³/mol. The number of aromatic nitrogens is 3. The fourth-order valence-corrected chi connectivity index (χ4v) is 8.55. The second-order valence-corrected chi connectivity index (χ2v) is 11.6. The van der Waals surface area contributed by atoms with Crippen LogP contribution in [0.25, 0.3) is 0 Å². The number of nitrogens with zero attached hydrogens (tertiary/aromatic N) is 3. The standard InChI is InChI=1S/C26H35N3O2/c1-25-12-11-20-18(19(25)9-10-24(25)31)8-7-17-13-23(30)22(14-26(17,20)2)29-15-21(27-28-29)16-5-3-4-6-16/h3-6,15-20,22-23,30H,7-14H2,1-2H3/t17-,18-,19-,20-,22-,23-,25-,26-/m0/s1. The fourth-order valence-electron chi connectivity index (χ4n) is 8.55. The smallest absolute Gasteiger partial charge is 0.139 e. The van der Waals surface area contributed by atoms with Crippen molar-refractivity contribution >= 4 is 5.78 Å². The number of ketones is 1. The topological polar surface area (TPSA) is 68.0 Å². The van der Waals surface area contributed by atoms with E-state index in [0.29, 0.717) is 29.5 Å². The molecular weight excluding hydrogens is 386 g/mol. The molecule has 1 aromatic heterocycles. The summed E-state index contributed by atoms with van der Waals surface area (Å²) in [5.74, 6) is 3.19. The first-order chi connectivity index (χ1) is 14.9. The number of rotatable bonds is 2. The van der Waals surface area contributed by atoms with Crippen LogP contribution >= 0.6 is 0 Å². The summed E-state index contributed by atoms with van der Waals surface area (Å²) in [6.07, 6.45) is 18.4. The van der Waals surface area contributed by atoms with Gasteiger partial charge in [0.05, 0.1) is 17.8 Å². The molecule has 0 amide bonds. The van der Waals surface area contributed by atoms with Crippen molar-refractivity contribution in [2.75, 3.05) is 0 Å². The van der Waals surface area contributed by atoms with E-state index in [1.165, 1.54) is 19.3 Å². The largest absolute Gasteiger partial charge is 0.391 e. The van der Waals surface area contributed by atoms with Crippen LogP contribution in [0.5, 0.6) is 0 Å². The molecule has 5 heteroatoms. The number of fused-ring (bicyclic) bond motifs is 5. The van der Waals surface area contributed by atoms with E-state index in [-0.39, 0.29) is 28.9 Å². The van der Waals surface area contributed by atoms with Crippen molar-refractivity contribution in [2.45, 2.75) is 83.3 Å². The van der Waals surface area contributed by atoms with E-state index in [2.05, 4.69) is 54.7 Å². The summed E-state index contributed by atoms with van der Waals surface area (Å²) >= 11 is 0. The molecular formula is C26H35N3O2. The maximum absolute atomic E-state index is 12.7. The van der Waals surface area contributed by atoms with Gasteiger partial charge in [-0.1, -0.05) is 43.4 Å². The Bertz CT molecular complexity index is 938. The first kappa shape index (κ1) is 19.9. The minimum absolute atomic E-state index is 0.00543. The van der Waals surface area contributed by atoms with Crippen molar-refractivity contribution < 1.29 is 9.90 Å². The zero-order valence-electron chi connectivity index (χ0n) is 18.8. The average molecular weight is 422 g/mol. The van der Waals surface area contributed by atoms with E-state index in [1.807, 2.05) is 4.68 Å². The Hall–Kier alpha value is -1.75. The number of aliphatic hydroxyl groups excluding tert-OH is 1. The van der Waals surface area contributed by atoms with Gasteiger partial charge in [-0.3, -0.25) is 4.79 Å². The first-order valence-corrected chi connectivity index (χ1v) is 12.4. The highest BCUT2D eigenvalue weighted by atomic mass is 16.3. The third kappa shape index (κ3) is 2.81. The zero-order valence-corrected chi connectivity index (χ0v) is 18.8. The lowest BCUT2D eigenvalue weighted by Gasteiger charge is -2.61. The maximum Gasteiger partial charge on any atom is 0.139 e. The molecule has 1 N–H and O–H groups in total. The van der Waals surface area contributed by atoms with Crippen LogP contribution in [0.4, 0.5) is 0 Å². The molecule has 0 bridgehead atoms. The minimum atomic E-state index is -0.360. The van der Waals surface area contributed by atoms with Crippen LogP contribution < -0.4 is 0 Å². The monoisotopic (exact) mass is 421 g/mol. The van der Waals surface area contributed by atoms with E-state index in [4.69, 9.17) is 0 Å². The van der Waals surface area contributed by atoms with Crippen LogP contribution in [0.15, 0.2) is 30.5 Å². The summed E-state index contributed by atoms with van der Waals surface area (Å²) < 4.78 is 1.96. The number of hydrogen-bond donors (Lipinski definition) is 1. The van der Waals surface area contributed by atoms with Crippen LogP contribution in [0.2, 0.25) is 0 Å². The SMILES string of the molecule is C[C@]12C[C@H](n3cc(C4C=CC=C4)nn3)[C@@H](O)C[C@@H]1CC[C@@H]1[C@@H]2CC[C@]2(C)C(=O)CC[C@@H]12. The van der Waals surface area contributed by atoms with E-state index in [0.717, 1.165) is 37.8 Å². The van der Waals surface area contributed by atoms with Crippen molar-refractivity contribution in [1.29, 1.82) is 0 Å². The van der Waals surface area contributed by atoms with Crippen molar-refractivity contribution in [2.24, 2.45) is 34.5 Å². The Kier molecular flexibility index (Phi) is 4.41. The Morgan fingerprint density at radius 3 is 2.71 bits per heavy atom. The summed E-state index contributed by atoms with van der Waals surface area (Å²) in [5, 5.41) is 20.0. The van der Waals surface area contributed by atoms with Crippen LogP contribution in [0, 0.1) is 34.5 Å². The lowest BCUT2D eigenvalue weighted by Crippen LogP contribution is -2.55. The van der Waals surface area contributed by atoms with Gasteiger partial charge in [0.2, 0.25) is 0 Å². The molecule has 6 rings (SSSR count). The lowest BCUT2D eigenvalue weighted by atomic mass is 9.44. The summed E-state index contributed by atoms with van der Waals surface area (Å²) in [6.45, 7) is 4.75. The Labute approximate surface area is 185 Å². The molecule has 5 aliphatic carbocycles. The molecule has 0 aliphatic heterocycles. The average Bonchev–Trinajstić information content (AvgIpc) is 3.49. The van der Waals surface area contributed by atoms with Gasteiger partial charge < -0.3 is 5.11 Å². The zero-order chi connectivity index (χ0) is 21.4. The molecule has 0 radical (unpaired) electrons. The lowest BCUT2D eigenvalue weighted by molar-refractivity contribution is -0.148. The van der Waals surface area contributed by atoms with Gasteiger partial charge in [-0.15, -0.1) is 5.10 Å². The molecule has 1 heterocycles. The van der Waals surface area contributed by atoms with Crippen molar-refractivity contribution in [1.82, 2.24) is 15.0 Å². The van der Waals surface area contributed by atoms with Gasteiger partial charge >= 0.3 is 0 Å². The van der Waals surface area contributed by atoms with Gasteiger partial charge in [-0.25, -0.2) is 4.68 Å². The molecule has 5 aliphatic rings. The molecule has 4 saturated carbocycles. The highest BCUT2D eigenvalue weighted by molar-refractivity contribution is 5.87. The highest BCUT2D eigenvalue weighted by Gasteiger charge is 2.61. The molecule has 1 aromatic rings. The second kappa shape index (κ2) is 6.87. The Morgan fingerprint density at radius 1 is 1.10 bits per heavy atom. The highest BCUT2D eigenvalue weighted by Crippen LogP contribution is 2.66. The summed E-state index contributed by atoms with van der Waals surface area (Å²) in [6, 6.07) is -0.00543. The summed E-state index contributed by atoms with van der Waals surface area (Å²) in [4.78, 5) is 12.7. The quantitative estimate of drug-likeness (QED) is 0.757. The molecule has 0 spiro atoms. The molecule has 0 unspecified atom stereocenters. The van der Waals surface area contributed by atoms with Gasteiger partial charge in [-0.2, -0.15) is 0 Å². The Morgan fingerprint density at radius 2 is 1.90 bits per heavy atom. The Balaban J connectivity index is 1.28. The molecule has 0 saturated heterocycles. The van der Waals surface area contributed by atoms with E-state index < -0.39 is 0 Å². The number of allylic oxidation sites excluding steroid dienone is 4. The van der Waals surface area contributed by atoms with Crippen LogP contribution in [0.1, 0.15) is 82.9 Å². The normalized spacial score (nSPS) is 46.7. The molecule has 8 atom stereocenters. The maximum atomic E-state index is 12.7. The number of carbonyl (C=O) groups is 1. The third-order valence-corrected chi connectivity index (χ3v) is 10.4. The molecule has 166 valence electrons. The van der Waals surface area contributed by atoms with Crippen LogP contribution in [-0.2, 0) is 4.79 Å². The number of aliphatic hydroxyl groups is 1. The van der Waals surface area contributed by atoms with Crippen molar-refractivity contribution in [3.63, 3.8) is 0 Å². The van der Waals surface area contributed by atoms with E-state index in [9.17, 15) is 9.90 Å². The van der Waals surface area contributed by atoms with E-state index >= 15 is 0 Å². The minimum Gasteiger partial charge on any atom is -0.391 e.